The van der Waals surface area contributed by atoms with Crippen LogP contribution in [0.25, 0.3) is 0 Å². The van der Waals surface area contributed by atoms with Gasteiger partial charge in [-0.3, -0.25) is 4.79 Å². The van der Waals surface area contributed by atoms with Crippen molar-refractivity contribution in [2.24, 2.45) is 0 Å². The van der Waals surface area contributed by atoms with Crippen LogP contribution in [0.4, 0.5) is 0 Å². The van der Waals surface area contributed by atoms with Crippen molar-refractivity contribution in [1.29, 1.82) is 0 Å². The minimum Gasteiger partial charge on any atom is -0.338 e. The van der Waals surface area contributed by atoms with Crippen LogP contribution in [0.15, 0.2) is 28.7 Å². The van der Waals surface area contributed by atoms with Gasteiger partial charge < -0.3 is 4.90 Å². The van der Waals surface area contributed by atoms with Crippen LogP contribution in [0.2, 0.25) is 0 Å². The van der Waals surface area contributed by atoms with Gasteiger partial charge in [0.25, 0.3) is 0 Å². The third-order valence-corrected chi connectivity index (χ3v) is 3.79. The van der Waals surface area contributed by atoms with Gasteiger partial charge in [0.2, 0.25) is 5.91 Å². The SMILES string of the molecule is CC(CC(=O)N(C(C)C)C(C)C)c1cccc(Br)c1. The first-order valence-electron chi connectivity index (χ1n) is 6.89. The molecule has 1 rings (SSSR count). The highest BCUT2D eigenvalue weighted by Crippen LogP contribution is 2.24. The molecule has 0 fully saturated rings. The first kappa shape index (κ1) is 16.2. The molecule has 3 heteroatoms. The average Bonchev–Trinajstić information content (AvgIpc) is 2.27. The third-order valence-electron chi connectivity index (χ3n) is 3.30. The molecule has 0 aliphatic carbocycles. The molecule has 0 saturated carbocycles. The molecule has 106 valence electrons. The van der Waals surface area contributed by atoms with Crippen molar-refractivity contribution in [3.63, 3.8) is 0 Å². The Morgan fingerprint density at radius 1 is 1.16 bits per heavy atom. The molecule has 0 radical (unpaired) electrons. The van der Waals surface area contributed by atoms with Crippen molar-refractivity contribution < 1.29 is 4.79 Å². The van der Waals surface area contributed by atoms with Gasteiger partial charge in [0.15, 0.2) is 0 Å². The molecule has 1 aromatic carbocycles. The van der Waals surface area contributed by atoms with Crippen LogP contribution in [-0.4, -0.2) is 22.9 Å². The fourth-order valence-corrected chi connectivity index (χ4v) is 2.89. The van der Waals surface area contributed by atoms with Gasteiger partial charge in [-0.25, -0.2) is 0 Å². The van der Waals surface area contributed by atoms with Gasteiger partial charge in [-0.2, -0.15) is 0 Å². The summed E-state index contributed by atoms with van der Waals surface area (Å²) in [5.74, 6) is 0.475. The number of hydrogen-bond acceptors (Lipinski definition) is 1. The van der Waals surface area contributed by atoms with Crippen molar-refractivity contribution in [2.75, 3.05) is 0 Å². The molecule has 19 heavy (non-hydrogen) atoms. The summed E-state index contributed by atoms with van der Waals surface area (Å²) in [5.41, 5.74) is 1.20. The smallest absolute Gasteiger partial charge is 0.223 e. The Morgan fingerprint density at radius 3 is 2.21 bits per heavy atom. The van der Waals surface area contributed by atoms with E-state index in [4.69, 9.17) is 0 Å². The third kappa shape index (κ3) is 4.64. The van der Waals surface area contributed by atoms with Gasteiger partial charge in [-0.15, -0.1) is 0 Å². The Morgan fingerprint density at radius 2 is 1.74 bits per heavy atom. The van der Waals surface area contributed by atoms with Gasteiger partial charge in [0, 0.05) is 23.0 Å². The van der Waals surface area contributed by atoms with E-state index in [-0.39, 0.29) is 23.9 Å². The molecule has 0 aromatic heterocycles. The number of rotatable bonds is 5. The maximum atomic E-state index is 12.4. The van der Waals surface area contributed by atoms with E-state index in [9.17, 15) is 4.79 Å². The number of halogens is 1. The Kier molecular flexibility index (Phi) is 6.05. The van der Waals surface area contributed by atoms with Crippen molar-refractivity contribution in [2.45, 2.75) is 59.0 Å². The van der Waals surface area contributed by atoms with Crippen LogP contribution in [0.1, 0.15) is 52.5 Å². The lowest BCUT2D eigenvalue weighted by atomic mass is 9.96. The highest BCUT2D eigenvalue weighted by molar-refractivity contribution is 9.10. The lowest BCUT2D eigenvalue weighted by molar-refractivity contribution is -0.135. The van der Waals surface area contributed by atoms with Crippen molar-refractivity contribution >= 4 is 21.8 Å². The number of hydrogen-bond donors (Lipinski definition) is 0. The van der Waals surface area contributed by atoms with Crippen LogP contribution >= 0.6 is 15.9 Å². The first-order chi connectivity index (χ1) is 8.82. The van der Waals surface area contributed by atoms with Crippen LogP contribution in [0, 0.1) is 0 Å². The standard InChI is InChI=1S/C16H24BrNO/c1-11(2)18(12(3)4)16(19)9-13(5)14-7-6-8-15(17)10-14/h6-8,10-13H,9H2,1-5H3. The summed E-state index contributed by atoms with van der Waals surface area (Å²) in [7, 11) is 0. The summed E-state index contributed by atoms with van der Waals surface area (Å²) in [6, 6.07) is 8.70. The highest BCUT2D eigenvalue weighted by atomic mass is 79.9. The number of carbonyl (C=O) groups excluding carboxylic acids is 1. The summed E-state index contributed by atoms with van der Waals surface area (Å²) >= 11 is 3.48. The molecule has 0 spiro atoms. The maximum Gasteiger partial charge on any atom is 0.223 e. The van der Waals surface area contributed by atoms with E-state index in [1.165, 1.54) is 5.56 Å². The Hall–Kier alpha value is -0.830. The van der Waals surface area contributed by atoms with Gasteiger partial charge in [-0.05, 0) is 51.3 Å². The van der Waals surface area contributed by atoms with Gasteiger partial charge in [0.05, 0.1) is 0 Å². The molecule has 0 bridgehead atoms. The molecule has 1 amide bonds. The molecule has 2 nitrogen and oxygen atoms in total. The molecule has 0 N–H and O–H groups in total. The molecule has 1 atom stereocenters. The summed E-state index contributed by atoms with van der Waals surface area (Å²) < 4.78 is 1.06. The second-order valence-electron chi connectivity index (χ2n) is 5.65. The van der Waals surface area contributed by atoms with Gasteiger partial charge >= 0.3 is 0 Å². The minimum absolute atomic E-state index is 0.234. The van der Waals surface area contributed by atoms with Crippen molar-refractivity contribution in [3.8, 4) is 0 Å². The minimum atomic E-state index is 0.234. The Balaban J connectivity index is 2.75. The second-order valence-corrected chi connectivity index (χ2v) is 6.56. The average molecular weight is 326 g/mol. The van der Waals surface area contributed by atoms with Crippen LogP contribution < -0.4 is 0 Å². The fourth-order valence-electron chi connectivity index (χ4n) is 2.47. The normalized spacial score (nSPS) is 12.8. The molecular formula is C16H24BrNO. The lowest BCUT2D eigenvalue weighted by Crippen LogP contribution is -2.42. The monoisotopic (exact) mass is 325 g/mol. The topological polar surface area (TPSA) is 20.3 Å². The highest BCUT2D eigenvalue weighted by Gasteiger charge is 2.22. The molecule has 0 aliphatic heterocycles. The van der Waals surface area contributed by atoms with E-state index in [0.717, 1.165) is 4.47 Å². The quantitative estimate of drug-likeness (QED) is 0.775. The zero-order chi connectivity index (χ0) is 14.6. The number of nitrogens with zero attached hydrogens (tertiary/aromatic N) is 1. The van der Waals surface area contributed by atoms with Crippen LogP contribution in [0.3, 0.4) is 0 Å². The number of benzene rings is 1. The molecule has 1 aromatic rings. The molecule has 0 heterocycles. The van der Waals surface area contributed by atoms with Crippen molar-refractivity contribution in [3.05, 3.63) is 34.3 Å². The van der Waals surface area contributed by atoms with Gasteiger partial charge in [-0.1, -0.05) is 35.0 Å². The predicted octanol–water partition coefficient (Wildman–Crippen LogP) is 4.59. The van der Waals surface area contributed by atoms with E-state index < -0.39 is 0 Å². The molecular weight excluding hydrogens is 302 g/mol. The molecule has 1 unspecified atom stereocenters. The fraction of sp³-hybridized carbons (Fsp3) is 0.562. The lowest BCUT2D eigenvalue weighted by Gasteiger charge is -2.31. The first-order valence-corrected chi connectivity index (χ1v) is 7.68. The van der Waals surface area contributed by atoms with E-state index in [0.29, 0.717) is 6.42 Å². The summed E-state index contributed by atoms with van der Waals surface area (Å²) in [4.78, 5) is 14.4. The number of carbonyl (C=O) groups is 1. The van der Waals surface area contributed by atoms with Crippen LogP contribution in [-0.2, 0) is 4.79 Å². The molecule has 0 saturated heterocycles. The second kappa shape index (κ2) is 7.09. The largest absolute Gasteiger partial charge is 0.338 e. The van der Waals surface area contributed by atoms with Crippen molar-refractivity contribution in [1.82, 2.24) is 4.90 Å². The maximum absolute atomic E-state index is 12.4. The zero-order valence-electron chi connectivity index (χ0n) is 12.5. The predicted molar refractivity (Wildman–Crippen MR) is 84.3 cm³/mol. The van der Waals surface area contributed by atoms with Gasteiger partial charge in [0.1, 0.15) is 0 Å². The summed E-state index contributed by atoms with van der Waals surface area (Å²) in [6.45, 7) is 10.4. The van der Waals surface area contributed by atoms with Crippen LogP contribution in [0.5, 0.6) is 0 Å². The Bertz CT molecular complexity index is 421. The number of amides is 1. The Labute approximate surface area is 125 Å². The summed E-state index contributed by atoms with van der Waals surface area (Å²) in [5, 5.41) is 0. The van der Waals surface area contributed by atoms with E-state index in [1.807, 2.05) is 17.0 Å². The van der Waals surface area contributed by atoms with E-state index in [1.54, 1.807) is 0 Å². The molecule has 0 aliphatic rings. The van der Waals surface area contributed by atoms with E-state index >= 15 is 0 Å². The van der Waals surface area contributed by atoms with E-state index in [2.05, 4.69) is 62.7 Å². The zero-order valence-corrected chi connectivity index (χ0v) is 14.1. The summed E-state index contributed by atoms with van der Waals surface area (Å²) in [6.07, 6.45) is 0.562.